The third-order valence-corrected chi connectivity index (χ3v) is 6.08. The molecule has 0 unspecified atom stereocenters. The molecular weight excluding hydrogens is 328 g/mol. The molecule has 3 aliphatic rings. The van der Waals surface area contributed by atoms with Crippen LogP contribution in [0, 0.1) is 11.8 Å². The SMILES string of the molecule is COc1ccc2c(c1)CCC[C@@H]2NC(=O)C1CCN(C(=O)C2CC2)CC1. The Morgan fingerprint density at radius 2 is 1.85 bits per heavy atom. The molecule has 5 nitrogen and oxygen atoms in total. The Kier molecular flexibility index (Phi) is 4.88. The number of carbonyl (C=O) groups excluding carboxylic acids is 2. The number of nitrogens with zero attached hydrogens (tertiary/aromatic N) is 1. The minimum Gasteiger partial charge on any atom is -0.497 e. The number of aryl methyl sites for hydroxylation is 1. The Bertz CT molecular complexity index is 690. The highest BCUT2D eigenvalue weighted by Gasteiger charge is 2.36. The second-order valence-electron chi connectivity index (χ2n) is 7.89. The molecule has 1 aromatic carbocycles. The summed E-state index contributed by atoms with van der Waals surface area (Å²) in [6.45, 7) is 1.46. The molecule has 0 bridgehead atoms. The monoisotopic (exact) mass is 356 g/mol. The summed E-state index contributed by atoms with van der Waals surface area (Å²) in [6.07, 6.45) is 6.78. The minimum absolute atomic E-state index is 0.0295. The highest BCUT2D eigenvalue weighted by Crippen LogP contribution is 2.34. The van der Waals surface area contributed by atoms with Gasteiger partial charge in [-0.15, -0.1) is 0 Å². The molecule has 0 aromatic heterocycles. The maximum atomic E-state index is 12.8. The number of amides is 2. The van der Waals surface area contributed by atoms with Crippen LogP contribution >= 0.6 is 0 Å². The lowest BCUT2D eigenvalue weighted by molar-refractivity contribution is -0.136. The number of likely N-dealkylation sites (tertiary alicyclic amines) is 1. The van der Waals surface area contributed by atoms with Gasteiger partial charge in [-0.2, -0.15) is 0 Å². The third kappa shape index (κ3) is 3.57. The van der Waals surface area contributed by atoms with Crippen LogP contribution in [-0.4, -0.2) is 36.9 Å². The topological polar surface area (TPSA) is 58.6 Å². The van der Waals surface area contributed by atoms with E-state index in [1.807, 2.05) is 11.0 Å². The highest BCUT2D eigenvalue weighted by atomic mass is 16.5. The van der Waals surface area contributed by atoms with Crippen molar-refractivity contribution in [3.63, 3.8) is 0 Å². The van der Waals surface area contributed by atoms with Crippen LogP contribution in [0.3, 0.4) is 0 Å². The summed E-state index contributed by atoms with van der Waals surface area (Å²) in [5.41, 5.74) is 2.51. The highest BCUT2D eigenvalue weighted by molar-refractivity contribution is 5.82. The Balaban J connectivity index is 1.35. The fourth-order valence-corrected chi connectivity index (χ4v) is 4.31. The summed E-state index contributed by atoms with van der Waals surface area (Å²) < 4.78 is 5.32. The molecule has 5 heteroatoms. The number of benzene rings is 1. The quantitative estimate of drug-likeness (QED) is 0.902. The van der Waals surface area contributed by atoms with Crippen LogP contribution in [0.2, 0.25) is 0 Å². The van der Waals surface area contributed by atoms with E-state index in [1.54, 1.807) is 7.11 Å². The van der Waals surface area contributed by atoms with Crippen molar-refractivity contribution in [3.05, 3.63) is 29.3 Å². The first-order chi connectivity index (χ1) is 12.7. The van der Waals surface area contributed by atoms with E-state index in [9.17, 15) is 9.59 Å². The molecule has 2 aliphatic carbocycles. The molecule has 1 N–H and O–H groups in total. The van der Waals surface area contributed by atoms with E-state index >= 15 is 0 Å². The maximum Gasteiger partial charge on any atom is 0.225 e. The van der Waals surface area contributed by atoms with Crippen LogP contribution in [0.15, 0.2) is 18.2 Å². The standard InChI is InChI=1S/C21H28N2O3/c1-26-17-7-8-18-16(13-17)3-2-4-19(18)22-20(24)14-9-11-23(12-10-14)21(25)15-5-6-15/h7-8,13-15,19H,2-6,9-12H2,1H3,(H,22,24)/t19-/m0/s1. The summed E-state index contributed by atoms with van der Waals surface area (Å²) in [7, 11) is 1.68. The second kappa shape index (κ2) is 7.29. The number of rotatable bonds is 4. The molecule has 1 heterocycles. The van der Waals surface area contributed by atoms with Crippen molar-refractivity contribution in [2.75, 3.05) is 20.2 Å². The lowest BCUT2D eigenvalue weighted by Gasteiger charge is -2.33. The fraction of sp³-hybridized carbons (Fsp3) is 0.619. The minimum atomic E-state index is 0.0295. The molecule has 1 aliphatic heterocycles. The Hall–Kier alpha value is -2.04. The molecule has 1 atom stereocenters. The molecule has 4 rings (SSSR count). The Morgan fingerprint density at radius 1 is 1.08 bits per heavy atom. The lowest BCUT2D eigenvalue weighted by Crippen LogP contribution is -2.44. The largest absolute Gasteiger partial charge is 0.497 e. The smallest absolute Gasteiger partial charge is 0.225 e. The number of methoxy groups -OCH3 is 1. The summed E-state index contributed by atoms with van der Waals surface area (Å²) >= 11 is 0. The number of hydrogen-bond acceptors (Lipinski definition) is 3. The Labute approximate surface area is 155 Å². The normalized spacial score (nSPS) is 23.3. The van der Waals surface area contributed by atoms with Crippen LogP contribution in [0.1, 0.15) is 55.7 Å². The van der Waals surface area contributed by atoms with Gasteiger partial charge in [0.05, 0.1) is 13.2 Å². The lowest BCUT2D eigenvalue weighted by atomic mass is 9.86. The number of piperidine rings is 1. The van der Waals surface area contributed by atoms with Gasteiger partial charge >= 0.3 is 0 Å². The van der Waals surface area contributed by atoms with Crippen molar-refractivity contribution in [2.24, 2.45) is 11.8 Å². The van der Waals surface area contributed by atoms with Crippen molar-refractivity contribution in [1.82, 2.24) is 10.2 Å². The molecule has 0 spiro atoms. The predicted octanol–water partition coefficient (Wildman–Crippen LogP) is 2.84. The average Bonchev–Trinajstić information content (AvgIpc) is 3.52. The first kappa shape index (κ1) is 17.4. The average molecular weight is 356 g/mol. The number of fused-ring (bicyclic) bond motifs is 1. The maximum absolute atomic E-state index is 12.8. The van der Waals surface area contributed by atoms with Crippen LogP contribution in [0.4, 0.5) is 0 Å². The molecule has 1 saturated carbocycles. The first-order valence-corrected chi connectivity index (χ1v) is 9.91. The zero-order valence-corrected chi connectivity index (χ0v) is 15.5. The summed E-state index contributed by atoms with van der Waals surface area (Å²) in [5.74, 6) is 1.64. The van der Waals surface area contributed by atoms with Crippen LogP contribution < -0.4 is 10.1 Å². The van der Waals surface area contributed by atoms with Gasteiger partial charge in [0.2, 0.25) is 11.8 Å². The molecular formula is C21H28N2O3. The number of ether oxygens (including phenoxy) is 1. The number of carbonyl (C=O) groups is 2. The summed E-state index contributed by atoms with van der Waals surface area (Å²) in [4.78, 5) is 26.9. The summed E-state index contributed by atoms with van der Waals surface area (Å²) in [6, 6.07) is 6.26. The van der Waals surface area contributed by atoms with Crippen molar-refractivity contribution in [2.45, 2.75) is 51.0 Å². The predicted molar refractivity (Wildman–Crippen MR) is 98.8 cm³/mol. The van der Waals surface area contributed by atoms with E-state index in [4.69, 9.17) is 4.74 Å². The van der Waals surface area contributed by atoms with Gasteiger partial charge in [0.25, 0.3) is 0 Å². The van der Waals surface area contributed by atoms with Crippen molar-refractivity contribution in [3.8, 4) is 5.75 Å². The summed E-state index contributed by atoms with van der Waals surface area (Å²) in [5, 5.41) is 3.28. The fourth-order valence-electron chi connectivity index (χ4n) is 4.31. The van der Waals surface area contributed by atoms with Gasteiger partial charge in [-0.3, -0.25) is 9.59 Å². The molecule has 0 radical (unpaired) electrons. The van der Waals surface area contributed by atoms with Crippen LogP contribution in [0.25, 0.3) is 0 Å². The van der Waals surface area contributed by atoms with Gasteiger partial charge in [0.1, 0.15) is 5.75 Å². The van der Waals surface area contributed by atoms with Crippen molar-refractivity contribution >= 4 is 11.8 Å². The molecule has 2 amide bonds. The molecule has 1 aromatic rings. The van der Waals surface area contributed by atoms with Crippen molar-refractivity contribution < 1.29 is 14.3 Å². The zero-order chi connectivity index (χ0) is 18.1. The van der Waals surface area contributed by atoms with Crippen LogP contribution in [0.5, 0.6) is 5.75 Å². The van der Waals surface area contributed by atoms with E-state index in [1.165, 1.54) is 11.1 Å². The van der Waals surface area contributed by atoms with Gasteiger partial charge in [-0.25, -0.2) is 0 Å². The van der Waals surface area contributed by atoms with E-state index in [0.717, 1.165) is 63.8 Å². The molecule has 1 saturated heterocycles. The Morgan fingerprint density at radius 3 is 2.54 bits per heavy atom. The number of hydrogen-bond donors (Lipinski definition) is 1. The van der Waals surface area contributed by atoms with Gasteiger partial charge in [0, 0.05) is 24.9 Å². The third-order valence-electron chi connectivity index (χ3n) is 6.08. The van der Waals surface area contributed by atoms with E-state index in [0.29, 0.717) is 5.91 Å². The van der Waals surface area contributed by atoms with E-state index in [2.05, 4.69) is 17.4 Å². The van der Waals surface area contributed by atoms with Gasteiger partial charge in [-0.1, -0.05) is 6.07 Å². The second-order valence-corrected chi connectivity index (χ2v) is 7.89. The molecule has 2 fully saturated rings. The zero-order valence-electron chi connectivity index (χ0n) is 15.5. The van der Waals surface area contributed by atoms with Gasteiger partial charge < -0.3 is 15.0 Å². The van der Waals surface area contributed by atoms with E-state index < -0.39 is 0 Å². The van der Waals surface area contributed by atoms with Gasteiger partial charge in [0.15, 0.2) is 0 Å². The number of nitrogens with one attached hydrogen (secondary N) is 1. The van der Waals surface area contributed by atoms with Gasteiger partial charge in [-0.05, 0) is 68.2 Å². The molecule has 26 heavy (non-hydrogen) atoms. The molecule has 140 valence electrons. The van der Waals surface area contributed by atoms with Crippen molar-refractivity contribution in [1.29, 1.82) is 0 Å². The van der Waals surface area contributed by atoms with Crippen LogP contribution in [-0.2, 0) is 16.0 Å². The van der Waals surface area contributed by atoms with E-state index in [-0.39, 0.29) is 23.8 Å². The first-order valence-electron chi connectivity index (χ1n) is 9.91.